The number of para-hydroxylation sites is 2. The summed E-state index contributed by atoms with van der Waals surface area (Å²) in [5.74, 6) is 0.896. The Kier molecular flexibility index (Phi) is 6.77. The lowest BCUT2D eigenvalue weighted by Gasteiger charge is -2.40. The molecule has 2 amide bonds. The summed E-state index contributed by atoms with van der Waals surface area (Å²) >= 11 is 0. The monoisotopic (exact) mass is 459 g/mol. The van der Waals surface area contributed by atoms with E-state index in [2.05, 4.69) is 10.6 Å². The van der Waals surface area contributed by atoms with Crippen LogP contribution in [0.5, 0.6) is 5.75 Å². The molecule has 4 rings (SSSR count). The Morgan fingerprint density at radius 3 is 2.24 bits per heavy atom. The van der Waals surface area contributed by atoms with Crippen LogP contribution >= 0.6 is 0 Å². The molecule has 2 aromatic carbocycles. The number of aromatic nitrogens is 1. The second kappa shape index (κ2) is 9.75. The van der Waals surface area contributed by atoms with E-state index >= 15 is 0 Å². The van der Waals surface area contributed by atoms with Crippen molar-refractivity contribution in [3.8, 4) is 11.4 Å². The van der Waals surface area contributed by atoms with E-state index in [9.17, 15) is 9.59 Å². The molecule has 0 bridgehead atoms. The topological polar surface area (TPSA) is 54.8 Å². The van der Waals surface area contributed by atoms with E-state index in [0.717, 1.165) is 28.4 Å². The highest BCUT2D eigenvalue weighted by molar-refractivity contribution is 6.00. The molecule has 1 unspecified atom stereocenters. The van der Waals surface area contributed by atoms with Crippen LogP contribution in [-0.4, -0.2) is 41.0 Å². The van der Waals surface area contributed by atoms with E-state index in [-0.39, 0.29) is 36.4 Å². The van der Waals surface area contributed by atoms with Gasteiger partial charge >= 0.3 is 0 Å². The lowest BCUT2D eigenvalue weighted by Crippen LogP contribution is -2.48. The van der Waals surface area contributed by atoms with Gasteiger partial charge in [0.1, 0.15) is 18.3 Å². The van der Waals surface area contributed by atoms with Crippen LogP contribution in [0.1, 0.15) is 51.4 Å². The summed E-state index contributed by atoms with van der Waals surface area (Å²) in [5, 5.41) is 0. The van der Waals surface area contributed by atoms with Gasteiger partial charge in [0.2, 0.25) is 11.8 Å². The van der Waals surface area contributed by atoms with Crippen LogP contribution in [0.2, 0.25) is 0 Å². The second-order valence-electron chi connectivity index (χ2n) is 9.44. The largest absolute Gasteiger partial charge is 0.497 e. The maximum absolute atomic E-state index is 14.0. The van der Waals surface area contributed by atoms with Crippen molar-refractivity contribution < 1.29 is 14.3 Å². The Bertz CT molecular complexity index is 1160. The number of ether oxygens (including phenoxy) is 1. The number of methoxy groups -OCH3 is 1. The van der Waals surface area contributed by atoms with Gasteiger partial charge < -0.3 is 14.2 Å². The number of benzene rings is 2. The minimum atomic E-state index is -0.322. The third-order valence-corrected chi connectivity index (χ3v) is 6.25. The van der Waals surface area contributed by atoms with Gasteiger partial charge in [-0.3, -0.25) is 14.5 Å². The van der Waals surface area contributed by atoms with Gasteiger partial charge in [-0.1, -0.05) is 38.1 Å². The summed E-state index contributed by atoms with van der Waals surface area (Å²) in [4.78, 5) is 30.5. The zero-order valence-electron chi connectivity index (χ0n) is 20.6. The van der Waals surface area contributed by atoms with Crippen LogP contribution in [0, 0.1) is 5.92 Å². The average molecular weight is 460 g/mol. The molecule has 1 aromatic heterocycles. The SMILES string of the molecule is COc1ccc(C2c3cccn3-c3ccccc3N2C(=O)CN(C(=O)CC(C)C)C(C)C)cc1. The van der Waals surface area contributed by atoms with Gasteiger partial charge in [0.25, 0.3) is 0 Å². The van der Waals surface area contributed by atoms with Crippen LogP contribution < -0.4 is 9.64 Å². The van der Waals surface area contributed by atoms with Gasteiger partial charge in [-0.25, -0.2) is 0 Å². The molecule has 34 heavy (non-hydrogen) atoms. The molecule has 0 fully saturated rings. The fourth-order valence-corrected chi connectivity index (χ4v) is 4.61. The fraction of sp³-hybridized carbons (Fsp3) is 0.357. The van der Waals surface area contributed by atoms with Gasteiger partial charge in [-0.05, 0) is 61.7 Å². The summed E-state index contributed by atoms with van der Waals surface area (Å²) in [7, 11) is 1.64. The molecule has 0 spiro atoms. The first-order valence-electron chi connectivity index (χ1n) is 11.8. The first-order valence-corrected chi connectivity index (χ1v) is 11.8. The number of carbonyl (C=O) groups is 2. The molecule has 3 aromatic rings. The lowest BCUT2D eigenvalue weighted by molar-refractivity contribution is -0.137. The predicted octanol–water partition coefficient (Wildman–Crippen LogP) is 5.21. The number of anilines is 1. The summed E-state index contributed by atoms with van der Waals surface area (Å²) in [5.41, 5.74) is 3.76. The van der Waals surface area contributed by atoms with Gasteiger partial charge in [0.05, 0.1) is 24.2 Å². The smallest absolute Gasteiger partial charge is 0.247 e. The third kappa shape index (κ3) is 4.45. The van der Waals surface area contributed by atoms with Crippen LogP contribution in [-0.2, 0) is 9.59 Å². The minimum Gasteiger partial charge on any atom is -0.497 e. The van der Waals surface area contributed by atoms with E-state index in [1.807, 2.05) is 93.4 Å². The Morgan fingerprint density at radius 1 is 0.941 bits per heavy atom. The number of hydrogen-bond acceptors (Lipinski definition) is 3. The number of carbonyl (C=O) groups excluding carboxylic acids is 2. The normalized spacial score (nSPS) is 14.7. The van der Waals surface area contributed by atoms with E-state index < -0.39 is 0 Å². The highest BCUT2D eigenvalue weighted by Gasteiger charge is 2.37. The Labute approximate surface area is 201 Å². The molecule has 6 nitrogen and oxygen atoms in total. The second-order valence-corrected chi connectivity index (χ2v) is 9.44. The number of hydrogen-bond donors (Lipinski definition) is 0. The van der Waals surface area contributed by atoms with Crippen molar-refractivity contribution in [1.82, 2.24) is 9.47 Å². The van der Waals surface area contributed by atoms with E-state index in [4.69, 9.17) is 4.74 Å². The van der Waals surface area contributed by atoms with Crippen molar-refractivity contribution in [2.24, 2.45) is 5.92 Å². The molecule has 2 heterocycles. The Morgan fingerprint density at radius 2 is 1.62 bits per heavy atom. The first-order chi connectivity index (χ1) is 16.3. The summed E-state index contributed by atoms with van der Waals surface area (Å²) in [6.45, 7) is 7.99. The van der Waals surface area contributed by atoms with Gasteiger partial charge in [0, 0.05) is 18.7 Å². The molecule has 178 valence electrons. The molecular formula is C28H33N3O3. The Balaban J connectivity index is 1.78. The molecule has 0 aliphatic carbocycles. The standard InChI is InChI=1S/C28H33N3O3/c1-19(2)17-26(32)30(20(3)4)18-27(33)31-24-10-7-6-9-23(24)29-16-8-11-25(29)28(31)21-12-14-22(34-5)15-13-21/h6-16,19-20,28H,17-18H2,1-5H3. The number of fused-ring (bicyclic) bond motifs is 3. The maximum atomic E-state index is 14.0. The van der Waals surface area contributed by atoms with Crippen LogP contribution in [0.4, 0.5) is 5.69 Å². The minimum absolute atomic E-state index is 0.00742. The third-order valence-electron chi connectivity index (χ3n) is 6.25. The van der Waals surface area contributed by atoms with Crippen molar-refractivity contribution in [3.63, 3.8) is 0 Å². The fourth-order valence-electron chi connectivity index (χ4n) is 4.61. The molecule has 0 saturated carbocycles. The zero-order valence-corrected chi connectivity index (χ0v) is 20.6. The molecule has 0 saturated heterocycles. The Hall–Kier alpha value is -3.54. The average Bonchev–Trinajstić information content (AvgIpc) is 3.31. The van der Waals surface area contributed by atoms with Crippen LogP contribution in [0.25, 0.3) is 5.69 Å². The van der Waals surface area contributed by atoms with Gasteiger partial charge in [-0.2, -0.15) is 0 Å². The summed E-state index contributed by atoms with van der Waals surface area (Å²) in [6, 6.07) is 19.4. The zero-order chi connectivity index (χ0) is 24.4. The number of nitrogens with zero attached hydrogens (tertiary/aromatic N) is 3. The van der Waals surface area contributed by atoms with Crippen LogP contribution in [0.15, 0.2) is 66.9 Å². The van der Waals surface area contributed by atoms with Crippen molar-refractivity contribution in [3.05, 3.63) is 78.1 Å². The van der Waals surface area contributed by atoms with E-state index in [0.29, 0.717) is 6.42 Å². The summed E-state index contributed by atoms with van der Waals surface area (Å²) in [6.07, 6.45) is 2.45. The molecule has 1 aliphatic heterocycles. The molecule has 0 radical (unpaired) electrons. The number of amides is 2. The lowest BCUT2D eigenvalue weighted by atomic mass is 9.97. The van der Waals surface area contributed by atoms with Crippen molar-refractivity contribution in [2.45, 2.75) is 46.2 Å². The number of rotatable bonds is 7. The molecule has 1 atom stereocenters. The maximum Gasteiger partial charge on any atom is 0.247 e. The van der Waals surface area contributed by atoms with E-state index in [1.165, 1.54) is 0 Å². The first kappa shape index (κ1) is 23.6. The quantitative estimate of drug-likeness (QED) is 0.488. The van der Waals surface area contributed by atoms with Crippen LogP contribution in [0.3, 0.4) is 0 Å². The summed E-state index contributed by atoms with van der Waals surface area (Å²) < 4.78 is 7.49. The van der Waals surface area contributed by atoms with Crippen molar-refractivity contribution in [1.29, 1.82) is 0 Å². The molecule has 6 heteroatoms. The van der Waals surface area contributed by atoms with Crippen molar-refractivity contribution >= 4 is 17.5 Å². The van der Waals surface area contributed by atoms with Gasteiger partial charge in [0.15, 0.2) is 0 Å². The molecular weight excluding hydrogens is 426 g/mol. The van der Waals surface area contributed by atoms with Crippen molar-refractivity contribution in [2.75, 3.05) is 18.6 Å². The van der Waals surface area contributed by atoms with E-state index in [1.54, 1.807) is 12.0 Å². The highest BCUT2D eigenvalue weighted by Crippen LogP contribution is 2.42. The predicted molar refractivity (Wildman–Crippen MR) is 134 cm³/mol. The highest BCUT2D eigenvalue weighted by atomic mass is 16.5. The molecule has 1 aliphatic rings. The van der Waals surface area contributed by atoms with Gasteiger partial charge in [-0.15, -0.1) is 0 Å². The molecule has 0 N–H and O–H groups in total.